The van der Waals surface area contributed by atoms with Crippen LogP contribution in [0.25, 0.3) is 0 Å². The van der Waals surface area contributed by atoms with Gasteiger partial charge in [0.05, 0.1) is 18.9 Å². The molecule has 1 heterocycles. The summed E-state index contributed by atoms with van der Waals surface area (Å²) in [6.45, 7) is 1.80. The van der Waals surface area contributed by atoms with Crippen molar-refractivity contribution in [3.05, 3.63) is 0 Å². The second-order valence-electron chi connectivity index (χ2n) is 5.62. The predicted molar refractivity (Wildman–Crippen MR) is 63.6 cm³/mol. The van der Waals surface area contributed by atoms with E-state index in [-0.39, 0.29) is 13.0 Å². The molecule has 21 heavy (non-hydrogen) atoms. The minimum atomic E-state index is -2.04. The van der Waals surface area contributed by atoms with E-state index in [9.17, 15) is 24.6 Å². The number of carboxylic acid groups (broad SMARTS) is 1. The number of carbonyl (C=O) groups excluding carboxylic acids is 2. The van der Waals surface area contributed by atoms with Crippen molar-refractivity contribution in [3.8, 4) is 0 Å². The topological polar surface area (TPSA) is 119 Å². The zero-order valence-corrected chi connectivity index (χ0v) is 11.6. The summed E-state index contributed by atoms with van der Waals surface area (Å²) in [4.78, 5) is 36.1. The molecule has 3 fully saturated rings. The van der Waals surface area contributed by atoms with Gasteiger partial charge in [-0.3, -0.25) is 14.4 Å². The molecular weight excluding hydrogens is 284 g/mol. The van der Waals surface area contributed by atoms with E-state index in [4.69, 9.17) is 9.47 Å². The Balaban J connectivity index is 2.17. The van der Waals surface area contributed by atoms with Crippen molar-refractivity contribution in [3.63, 3.8) is 0 Å². The van der Waals surface area contributed by atoms with Gasteiger partial charge in [-0.1, -0.05) is 0 Å². The number of methoxy groups -OCH3 is 1. The standard InChI is InChI=1S/C13H16O8/c1-3-20-13-6-4-5(8(13)14)7(9(15)19-2)12(6,10(16)17)11(18)21-13/h5-8,14H,3-4H2,1-2H3,(H,16,17). The Kier molecular flexibility index (Phi) is 2.84. The van der Waals surface area contributed by atoms with Gasteiger partial charge in [0.15, 0.2) is 5.41 Å². The van der Waals surface area contributed by atoms with Gasteiger partial charge in [0.2, 0.25) is 5.79 Å². The molecule has 0 aromatic rings. The fraction of sp³-hybridized carbons (Fsp3) is 0.769. The maximum absolute atomic E-state index is 12.3. The molecule has 116 valence electrons. The smallest absolute Gasteiger partial charge is 0.327 e. The first-order chi connectivity index (χ1) is 9.87. The third-order valence-corrected chi connectivity index (χ3v) is 5.05. The highest BCUT2D eigenvalue weighted by molar-refractivity contribution is 6.06. The first-order valence-electron chi connectivity index (χ1n) is 6.74. The first-order valence-corrected chi connectivity index (χ1v) is 6.74. The van der Waals surface area contributed by atoms with Crippen LogP contribution in [-0.4, -0.2) is 53.7 Å². The number of hydrogen-bond donors (Lipinski definition) is 2. The summed E-state index contributed by atoms with van der Waals surface area (Å²) in [7, 11) is 1.12. The van der Waals surface area contributed by atoms with E-state index < -0.39 is 53.0 Å². The fourth-order valence-corrected chi connectivity index (χ4v) is 4.37. The Hall–Kier alpha value is -1.67. The van der Waals surface area contributed by atoms with Crippen LogP contribution in [0.3, 0.4) is 0 Å². The average Bonchev–Trinajstić information content (AvgIpc) is 2.98. The van der Waals surface area contributed by atoms with Crippen molar-refractivity contribution in [2.45, 2.75) is 25.2 Å². The van der Waals surface area contributed by atoms with Crippen LogP contribution in [-0.2, 0) is 28.6 Å². The van der Waals surface area contributed by atoms with Crippen molar-refractivity contribution >= 4 is 17.9 Å². The number of hydrogen-bond acceptors (Lipinski definition) is 7. The zero-order chi connectivity index (χ0) is 15.6. The van der Waals surface area contributed by atoms with Gasteiger partial charge in [0.1, 0.15) is 6.10 Å². The van der Waals surface area contributed by atoms with Gasteiger partial charge in [-0.05, 0) is 13.3 Å². The summed E-state index contributed by atoms with van der Waals surface area (Å²) in [5, 5.41) is 20.0. The quantitative estimate of drug-likeness (QED) is 0.509. The van der Waals surface area contributed by atoms with Crippen LogP contribution in [0.1, 0.15) is 13.3 Å². The van der Waals surface area contributed by atoms with Crippen molar-refractivity contribution in [1.82, 2.24) is 0 Å². The molecule has 8 nitrogen and oxygen atoms in total. The number of aliphatic carboxylic acids is 1. The van der Waals surface area contributed by atoms with Crippen molar-refractivity contribution < 1.29 is 38.8 Å². The second kappa shape index (κ2) is 4.17. The fourth-order valence-electron chi connectivity index (χ4n) is 4.37. The Morgan fingerprint density at radius 1 is 1.48 bits per heavy atom. The van der Waals surface area contributed by atoms with Crippen LogP contribution in [0.15, 0.2) is 0 Å². The summed E-state index contributed by atoms with van der Waals surface area (Å²) in [6.07, 6.45) is -1.08. The van der Waals surface area contributed by atoms with Crippen LogP contribution in [0.5, 0.6) is 0 Å². The molecule has 3 aliphatic rings. The summed E-state index contributed by atoms with van der Waals surface area (Å²) in [6, 6.07) is 0. The van der Waals surface area contributed by atoms with Crippen LogP contribution in [0, 0.1) is 23.2 Å². The molecule has 2 bridgehead atoms. The van der Waals surface area contributed by atoms with E-state index in [2.05, 4.69) is 4.74 Å². The number of esters is 2. The Morgan fingerprint density at radius 2 is 2.14 bits per heavy atom. The van der Waals surface area contributed by atoms with Crippen LogP contribution < -0.4 is 0 Å². The maximum Gasteiger partial charge on any atom is 0.327 e. The summed E-state index contributed by atoms with van der Waals surface area (Å²) in [5.41, 5.74) is -2.04. The molecule has 1 aliphatic heterocycles. The Bertz CT molecular complexity index is 530. The summed E-state index contributed by atoms with van der Waals surface area (Å²) < 4.78 is 15.2. The highest BCUT2D eigenvalue weighted by atomic mass is 16.7. The Labute approximate surface area is 120 Å². The minimum absolute atomic E-state index is 0.145. The van der Waals surface area contributed by atoms with E-state index in [0.29, 0.717) is 0 Å². The minimum Gasteiger partial charge on any atom is -0.480 e. The van der Waals surface area contributed by atoms with E-state index in [1.165, 1.54) is 0 Å². The summed E-state index contributed by atoms with van der Waals surface area (Å²) >= 11 is 0. The molecule has 2 N–H and O–H groups in total. The lowest BCUT2D eigenvalue weighted by molar-refractivity contribution is -0.267. The molecule has 0 aromatic carbocycles. The highest BCUT2D eigenvalue weighted by Gasteiger charge is 2.86. The lowest BCUT2D eigenvalue weighted by Crippen LogP contribution is -2.58. The number of aliphatic hydroxyl groups is 1. The SMILES string of the molecule is CCOC12OC(=O)C3(C(=O)O)C(C(=O)OC)C(CC13)C2O. The summed E-state index contributed by atoms with van der Waals surface area (Å²) in [5.74, 6) is -7.88. The molecule has 2 saturated carbocycles. The van der Waals surface area contributed by atoms with Crippen LogP contribution in [0.2, 0.25) is 0 Å². The van der Waals surface area contributed by atoms with Crippen molar-refractivity contribution in [1.29, 1.82) is 0 Å². The van der Waals surface area contributed by atoms with Gasteiger partial charge in [-0.15, -0.1) is 0 Å². The van der Waals surface area contributed by atoms with E-state index in [0.717, 1.165) is 7.11 Å². The number of carboxylic acids is 1. The number of rotatable bonds is 4. The molecule has 2 aliphatic carbocycles. The van der Waals surface area contributed by atoms with Gasteiger partial charge < -0.3 is 24.4 Å². The van der Waals surface area contributed by atoms with E-state index >= 15 is 0 Å². The molecule has 0 radical (unpaired) electrons. The lowest BCUT2D eigenvalue weighted by atomic mass is 9.65. The third-order valence-electron chi connectivity index (χ3n) is 5.05. The molecule has 8 heteroatoms. The largest absolute Gasteiger partial charge is 0.480 e. The molecule has 0 aromatic heterocycles. The lowest BCUT2D eigenvalue weighted by Gasteiger charge is -2.39. The van der Waals surface area contributed by atoms with Gasteiger partial charge in [-0.25, -0.2) is 0 Å². The van der Waals surface area contributed by atoms with Gasteiger partial charge in [0.25, 0.3) is 0 Å². The normalized spacial score (nSPS) is 46.5. The van der Waals surface area contributed by atoms with Crippen molar-refractivity contribution in [2.24, 2.45) is 23.2 Å². The molecule has 3 rings (SSSR count). The molecule has 6 atom stereocenters. The second-order valence-corrected chi connectivity index (χ2v) is 5.62. The first kappa shape index (κ1) is 14.3. The van der Waals surface area contributed by atoms with Crippen LogP contribution in [0.4, 0.5) is 0 Å². The molecule has 6 unspecified atom stereocenters. The number of carbonyl (C=O) groups is 3. The molecular formula is C13H16O8. The highest BCUT2D eigenvalue weighted by Crippen LogP contribution is 2.69. The van der Waals surface area contributed by atoms with Crippen LogP contribution >= 0.6 is 0 Å². The maximum atomic E-state index is 12.3. The van der Waals surface area contributed by atoms with E-state index in [1.807, 2.05) is 0 Å². The monoisotopic (exact) mass is 300 g/mol. The van der Waals surface area contributed by atoms with Gasteiger partial charge in [0, 0.05) is 12.5 Å². The number of ether oxygens (including phenoxy) is 3. The van der Waals surface area contributed by atoms with Gasteiger partial charge in [-0.2, -0.15) is 0 Å². The molecule has 1 saturated heterocycles. The molecule has 0 spiro atoms. The average molecular weight is 300 g/mol. The zero-order valence-electron chi connectivity index (χ0n) is 11.6. The van der Waals surface area contributed by atoms with Gasteiger partial charge >= 0.3 is 17.9 Å². The number of aliphatic hydroxyl groups excluding tert-OH is 1. The van der Waals surface area contributed by atoms with Crippen molar-refractivity contribution in [2.75, 3.05) is 13.7 Å². The predicted octanol–water partition coefficient (Wildman–Crippen LogP) is -0.853. The number of fused-ring (bicyclic) bond motifs is 1. The molecule has 0 amide bonds. The van der Waals surface area contributed by atoms with E-state index in [1.54, 1.807) is 6.92 Å². The third kappa shape index (κ3) is 1.30. The Morgan fingerprint density at radius 3 is 2.67 bits per heavy atom.